The van der Waals surface area contributed by atoms with Gasteiger partial charge in [0.25, 0.3) is 5.91 Å². The predicted octanol–water partition coefficient (Wildman–Crippen LogP) is 3.40. The molecule has 1 aliphatic rings. The molecule has 1 N–H and O–H groups in total. The van der Waals surface area contributed by atoms with Crippen LogP contribution in [-0.4, -0.2) is 52.1 Å². The number of fused-ring (bicyclic) bond motifs is 1. The van der Waals surface area contributed by atoms with Crippen LogP contribution in [0.15, 0.2) is 24.3 Å². The molecule has 1 aromatic carbocycles. The van der Waals surface area contributed by atoms with Crippen LogP contribution in [0.3, 0.4) is 0 Å². The third-order valence-electron chi connectivity index (χ3n) is 4.46. The minimum absolute atomic E-state index is 0.106. The molecule has 0 atom stereocenters. The van der Waals surface area contributed by atoms with E-state index in [-0.39, 0.29) is 25.5 Å². The minimum atomic E-state index is -0.685. The normalized spacial score (nSPS) is 12.9. The van der Waals surface area contributed by atoms with Crippen molar-refractivity contribution >= 4 is 23.9 Å². The maximum atomic E-state index is 12.7. The highest BCUT2D eigenvalue weighted by atomic mass is 16.6. The van der Waals surface area contributed by atoms with Crippen molar-refractivity contribution in [2.45, 2.75) is 46.4 Å². The number of carbonyl (C=O) groups is 3. The van der Waals surface area contributed by atoms with Gasteiger partial charge in [0.05, 0.1) is 32.5 Å². The monoisotopic (exact) mass is 430 g/mol. The predicted molar refractivity (Wildman–Crippen MR) is 111 cm³/mol. The van der Waals surface area contributed by atoms with Gasteiger partial charge in [-0.1, -0.05) is 0 Å². The van der Waals surface area contributed by atoms with E-state index in [4.69, 9.17) is 14.2 Å². The summed E-state index contributed by atoms with van der Waals surface area (Å²) in [5, 5.41) is 6.95. The number of amides is 2. The summed E-state index contributed by atoms with van der Waals surface area (Å²) >= 11 is 0. The van der Waals surface area contributed by atoms with Crippen LogP contribution in [0.1, 0.15) is 49.3 Å². The van der Waals surface area contributed by atoms with Crippen molar-refractivity contribution in [3.63, 3.8) is 0 Å². The zero-order valence-corrected chi connectivity index (χ0v) is 18.2. The molecule has 0 fully saturated rings. The number of carbonyl (C=O) groups excluding carboxylic acids is 3. The number of nitrogens with zero attached hydrogens (tertiary/aromatic N) is 3. The Morgan fingerprint density at radius 3 is 2.35 bits per heavy atom. The van der Waals surface area contributed by atoms with Crippen LogP contribution in [-0.2, 0) is 22.6 Å². The fourth-order valence-electron chi connectivity index (χ4n) is 3.06. The topological polar surface area (TPSA) is 112 Å². The zero-order chi connectivity index (χ0) is 22.8. The standard InChI is InChI=1S/C21H26N4O6/c1-6-30-20(28)25-16-12-24(19(27)31-21(2,3)4)11-15(16)17(23-25)22-18(26)13-7-9-14(29-5)10-8-13/h7-10H,6,11-12H2,1-5H3,(H,22,23,26). The van der Waals surface area contributed by atoms with E-state index in [1.165, 1.54) is 12.0 Å². The number of anilines is 1. The third-order valence-corrected chi connectivity index (χ3v) is 4.46. The quantitative estimate of drug-likeness (QED) is 0.791. The highest BCUT2D eigenvalue weighted by molar-refractivity contribution is 6.04. The van der Waals surface area contributed by atoms with Crippen molar-refractivity contribution in [1.82, 2.24) is 14.7 Å². The summed E-state index contributed by atoms with van der Waals surface area (Å²) in [6.45, 7) is 7.41. The van der Waals surface area contributed by atoms with E-state index in [0.29, 0.717) is 22.6 Å². The van der Waals surface area contributed by atoms with Crippen LogP contribution in [0.5, 0.6) is 5.75 Å². The molecule has 10 heteroatoms. The molecular weight excluding hydrogens is 404 g/mol. The largest absolute Gasteiger partial charge is 0.497 e. The SMILES string of the molecule is CCOC(=O)n1nc(NC(=O)c2ccc(OC)cc2)c2c1CN(C(=O)OC(C)(C)C)C2. The molecule has 2 aromatic rings. The molecular formula is C21H26N4O6. The van der Waals surface area contributed by atoms with Crippen LogP contribution in [0.2, 0.25) is 0 Å². The number of nitrogens with one attached hydrogen (secondary N) is 1. The third kappa shape index (κ3) is 4.96. The molecule has 0 unspecified atom stereocenters. The van der Waals surface area contributed by atoms with E-state index in [1.54, 1.807) is 52.0 Å². The Hall–Kier alpha value is -3.56. The second kappa shape index (κ2) is 8.66. The molecule has 0 saturated carbocycles. The lowest BCUT2D eigenvalue weighted by Crippen LogP contribution is -2.34. The van der Waals surface area contributed by atoms with Crippen molar-refractivity contribution < 1.29 is 28.6 Å². The van der Waals surface area contributed by atoms with Crippen LogP contribution in [0, 0.1) is 0 Å². The van der Waals surface area contributed by atoms with Gasteiger partial charge in [0.1, 0.15) is 11.4 Å². The number of hydrogen-bond donors (Lipinski definition) is 1. The number of rotatable bonds is 4. The molecule has 3 rings (SSSR count). The second-order valence-electron chi connectivity index (χ2n) is 7.90. The van der Waals surface area contributed by atoms with Crippen molar-refractivity contribution in [1.29, 1.82) is 0 Å². The summed E-state index contributed by atoms with van der Waals surface area (Å²) in [4.78, 5) is 39.0. The van der Waals surface area contributed by atoms with E-state index in [0.717, 1.165) is 4.68 Å². The van der Waals surface area contributed by atoms with Gasteiger partial charge in [0, 0.05) is 11.1 Å². The van der Waals surface area contributed by atoms with E-state index in [2.05, 4.69) is 10.4 Å². The number of ether oxygens (including phenoxy) is 3. The summed E-state index contributed by atoms with van der Waals surface area (Å²) in [7, 11) is 1.54. The first-order valence-electron chi connectivity index (χ1n) is 9.84. The van der Waals surface area contributed by atoms with Crippen LogP contribution >= 0.6 is 0 Å². The molecule has 0 radical (unpaired) electrons. The Balaban J connectivity index is 1.86. The molecule has 2 heterocycles. The van der Waals surface area contributed by atoms with Crippen molar-refractivity contribution in [2.75, 3.05) is 19.0 Å². The summed E-state index contributed by atoms with van der Waals surface area (Å²) in [5.41, 5.74) is 0.752. The fraction of sp³-hybridized carbons (Fsp3) is 0.429. The second-order valence-corrected chi connectivity index (χ2v) is 7.90. The summed E-state index contributed by atoms with van der Waals surface area (Å²) in [6.07, 6.45) is -1.21. The molecule has 0 saturated heterocycles. The lowest BCUT2D eigenvalue weighted by Gasteiger charge is -2.24. The molecule has 166 valence electrons. The molecule has 2 amide bonds. The minimum Gasteiger partial charge on any atom is -0.497 e. The van der Waals surface area contributed by atoms with Gasteiger partial charge in [0.15, 0.2) is 5.82 Å². The van der Waals surface area contributed by atoms with Crippen LogP contribution in [0.25, 0.3) is 0 Å². The molecule has 31 heavy (non-hydrogen) atoms. The highest BCUT2D eigenvalue weighted by Crippen LogP contribution is 2.31. The summed E-state index contributed by atoms with van der Waals surface area (Å²) < 4.78 is 16.7. The average Bonchev–Trinajstić information content (AvgIpc) is 3.27. The van der Waals surface area contributed by atoms with Gasteiger partial charge < -0.3 is 19.5 Å². The fourth-order valence-corrected chi connectivity index (χ4v) is 3.06. The Morgan fingerprint density at radius 2 is 1.77 bits per heavy atom. The Kier molecular flexibility index (Phi) is 6.19. The highest BCUT2D eigenvalue weighted by Gasteiger charge is 2.35. The van der Waals surface area contributed by atoms with Gasteiger partial charge >= 0.3 is 12.2 Å². The van der Waals surface area contributed by atoms with Crippen molar-refractivity contribution in [2.24, 2.45) is 0 Å². The van der Waals surface area contributed by atoms with Crippen LogP contribution in [0.4, 0.5) is 15.4 Å². The molecule has 1 aromatic heterocycles. The number of hydrogen-bond acceptors (Lipinski definition) is 7. The smallest absolute Gasteiger partial charge is 0.435 e. The van der Waals surface area contributed by atoms with Gasteiger partial charge in [-0.25, -0.2) is 9.59 Å². The molecule has 1 aliphatic heterocycles. The van der Waals surface area contributed by atoms with E-state index < -0.39 is 23.7 Å². The van der Waals surface area contributed by atoms with Gasteiger partial charge in [-0.05, 0) is 52.0 Å². The Bertz CT molecular complexity index is 991. The van der Waals surface area contributed by atoms with Gasteiger partial charge in [-0.15, -0.1) is 5.10 Å². The summed E-state index contributed by atoms with van der Waals surface area (Å²) in [6, 6.07) is 6.56. The lowest BCUT2D eigenvalue weighted by molar-refractivity contribution is 0.0238. The van der Waals surface area contributed by atoms with Crippen LogP contribution < -0.4 is 10.1 Å². The molecule has 0 bridgehead atoms. The number of benzene rings is 1. The Morgan fingerprint density at radius 1 is 1.10 bits per heavy atom. The molecule has 10 nitrogen and oxygen atoms in total. The number of methoxy groups -OCH3 is 1. The number of aromatic nitrogens is 2. The summed E-state index contributed by atoms with van der Waals surface area (Å²) in [5.74, 6) is 0.404. The van der Waals surface area contributed by atoms with Gasteiger partial charge in [-0.2, -0.15) is 4.68 Å². The molecule has 0 spiro atoms. The first kappa shape index (κ1) is 22.1. The van der Waals surface area contributed by atoms with E-state index >= 15 is 0 Å². The first-order valence-corrected chi connectivity index (χ1v) is 9.84. The van der Waals surface area contributed by atoms with Gasteiger partial charge in [0.2, 0.25) is 0 Å². The van der Waals surface area contributed by atoms with E-state index in [9.17, 15) is 14.4 Å². The Labute approximate surface area is 180 Å². The zero-order valence-electron chi connectivity index (χ0n) is 18.2. The lowest BCUT2D eigenvalue weighted by atomic mass is 10.2. The van der Waals surface area contributed by atoms with Crippen molar-refractivity contribution in [3.05, 3.63) is 41.1 Å². The maximum Gasteiger partial charge on any atom is 0.435 e. The maximum absolute atomic E-state index is 12.7. The van der Waals surface area contributed by atoms with E-state index in [1.807, 2.05) is 0 Å². The van der Waals surface area contributed by atoms with Gasteiger partial charge in [-0.3, -0.25) is 9.69 Å². The average molecular weight is 430 g/mol. The first-order chi connectivity index (χ1) is 14.6. The molecule has 0 aliphatic carbocycles. The van der Waals surface area contributed by atoms with Crippen molar-refractivity contribution in [3.8, 4) is 5.75 Å².